The van der Waals surface area contributed by atoms with Gasteiger partial charge >= 0.3 is 0 Å². The molecule has 1 aliphatic rings. The molecule has 2 aromatic carbocycles. The minimum absolute atomic E-state index is 0.217. The Morgan fingerprint density at radius 1 is 1.21 bits per heavy atom. The number of hydrogen-bond acceptors (Lipinski definition) is 7. The lowest BCUT2D eigenvalue weighted by molar-refractivity contribution is 0.0709. The summed E-state index contributed by atoms with van der Waals surface area (Å²) in [6.07, 6.45) is 4.55. The number of carbonyl (C=O) groups is 1. The van der Waals surface area contributed by atoms with Gasteiger partial charge in [-0.25, -0.2) is 4.39 Å². The second kappa shape index (κ2) is 8.45. The summed E-state index contributed by atoms with van der Waals surface area (Å²) in [5.41, 5.74) is 1.94. The van der Waals surface area contributed by atoms with Crippen LogP contribution in [0.2, 0.25) is 0 Å². The van der Waals surface area contributed by atoms with Crippen LogP contribution in [0.15, 0.2) is 53.3 Å². The summed E-state index contributed by atoms with van der Waals surface area (Å²) in [5.74, 6) is 0.608. The Hall–Kier alpha value is -4.08. The SMILES string of the molecule is COc1ccc(-n2nccn2)c(C(=O)N2CCC[C@H]2c2nc(-c3cccc(F)c3C)no2)c1. The third-order valence-corrected chi connectivity index (χ3v) is 5.82. The molecule has 0 aliphatic carbocycles. The molecule has 1 atom stereocenters. The summed E-state index contributed by atoms with van der Waals surface area (Å²) in [4.78, 5) is 21.3. The Balaban J connectivity index is 1.48. The van der Waals surface area contributed by atoms with Crippen LogP contribution < -0.4 is 4.74 Å². The molecule has 0 unspecified atom stereocenters. The molecule has 1 fully saturated rings. The molecule has 3 heterocycles. The number of ether oxygens (including phenoxy) is 1. The van der Waals surface area contributed by atoms with Crippen LogP contribution in [0.1, 0.15) is 40.7 Å². The van der Waals surface area contributed by atoms with Crippen molar-refractivity contribution in [1.82, 2.24) is 30.0 Å². The van der Waals surface area contributed by atoms with Gasteiger partial charge < -0.3 is 14.2 Å². The van der Waals surface area contributed by atoms with Gasteiger partial charge in [-0.15, -0.1) is 0 Å². The van der Waals surface area contributed by atoms with Crippen molar-refractivity contribution in [3.05, 3.63) is 71.6 Å². The molecule has 168 valence electrons. The predicted octanol–water partition coefficient (Wildman–Crippen LogP) is 3.75. The molecule has 2 aromatic heterocycles. The highest BCUT2D eigenvalue weighted by Crippen LogP contribution is 2.35. The molecule has 0 saturated carbocycles. The average Bonchev–Trinajstić information content (AvgIpc) is 3.61. The number of amides is 1. The van der Waals surface area contributed by atoms with Gasteiger partial charge in [0.2, 0.25) is 11.7 Å². The lowest BCUT2D eigenvalue weighted by Crippen LogP contribution is -2.31. The first-order valence-corrected chi connectivity index (χ1v) is 10.5. The Kier molecular flexibility index (Phi) is 5.33. The van der Waals surface area contributed by atoms with Crippen molar-refractivity contribution in [2.75, 3.05) is 13.7 Å². The Morgan fingerprint density at radius 2 is 2.03 bits per heavy atom. The van der Waals surface area contributed by atoms with Crippen LogP contribution in [0.5, 0.6) is 5.75 Å². The molecule has 1 amide bonds. The van der Waals surface area contributed by atoms with Gasteiger partial charge in [0.1, 0.15) is 17.6 Å². The van der Waals surface area contributed by atoms with E-state index in [0.29, 0.717) is 52.8 Å². The average molecular weight is 448 g/mol. The van der Waals surface area contributed by atoms with E-state index in [9.17, 15) is 9.18 Å². The van der Waals surface area contributed by atoms with Crippen molar-refractivity contribution in [3.63, 3.8) is 0 Å². The van der Waals surface area contributed by atoms with Gasteiger partial charge in [-0.1, -0.05) is 17.3 Å². The summed E-state index contributed by atoms with van der Waals surface area (Å²) < 4.78 is 24.8. The summed E-state index contributed by atoms with van der Waals surface area (Å²) in [5, 5.41) is 12.4. The molecular formula is C23H21FN6O3. The number of nitrogens with zero attached hydrogens (tertiary/aromatic N) is 6. The minimum atomic E-state index is -0.391. The molecule has 0 bridgehead atoms. The standard InChI is InChI=1S/C23H21FN6O3/c1-14-16(5-3-6-18(14)24)21-27-22(33-28-21)20-7-4-12-29(20)23(31)17-13-15(32-2)8-9-19(17)30-25-10-11-26-30/h3,5-6,8-11,13,20H,4,7,12H2,1-2H3/t20-/m0/s1. The van der Waals surface area contributed by atoms with Gasteiger partial charge in [0.25, 0.3) is 5.91 Å². The Labute approximate surface area is 188 Å². The van der Waals surface area contributed by atoms with E-state index in [1.165, 1.54) is 10.9 Å². The van der Waals surface area contributed by atoms with Crippen LogP contribution in [-0.2, 0) is 0 Å². The number of hydrogen-bond donors (Lipinski definition) is 0. The predicted molar refractivity (Wildman–Crippen MR) is 115 cm³/mol. The fraction of sp³-hybridized carbons (Fsp3) is 0.261. The number of carbonyl (C=O) groups excluding carboxylic acids is 1. The first-order valence-electron chi connectivity index (χ1n) is 10.5. The highest BCUT2D eigenvalue weighted by Gasteiger charge is 2.36. The Morgan fingerprint density at radius 3 is 2.82 bits per heavy atom. The van der Waals surface area contributed by atoms with E-state index < -0.39 is 6.04 Å². The van der Waals surface area contributed by atoms with Crippen molar-refractivity contribution < 1.29 is 18.4 Å². The molecule has 1 aliphatic heterocycles. The zero-order valence-corrected chi connectivity index (χ0v) is 18.1. The molecule has 0 spiro atoms. The third kappa shape index (κ3) is 3.73. The van der Waals surface area contributed by atoms with Crippen LogP contribution >= 0.6 is 0 Å². The quantitative estimate of drug-likeness (QED) is 0.458. The summed E-state index contributed by atoms with van der Waals surface area (Å²) >= 11 is 0. The normalized spacial score (nSPS) is 15.7. The lowest BCUT2D eigenvalue weighted by atomic mass is 10.1. The molecule has 10 heteroatoms. The molecule has 0 N–H and O–H groups in total. The Bertz CT molecular complexity index is 1300. The minimum Gasteiger partial charge on any atom is -0.497 e. The van der Waals surface area contributed by atoms with Crippen molar-refractivity contribution in [2.24, 2.45) is 0 Å². The molecule has 9 nitrogen and oxygen atoms in total. The zero-order chi connectivity index (χ0) is 22.9. The third-order valence-electron chi connectivity index (χ3n) is 5.82. The number of aromatic nitrogens is 5. The van der Waals surface area contributed by atoms with E-state index in [2.05, 4.69) is 20.3 Å². The van der Waals surface area contributed by atoms with E-state index in [-0.39, 0.29) is 11.7 Å². The van der Waals surface area contributed by atoms with Crippen LogP contribution in [-0.4, -0.2) is 49.6 Å². The molecular weight excluding hydrogens is 427 g/mol. The largest absolute Gasteiger partial charge is 0.497 e. The van der Waals surface area contributed by atoms with Gasteiger partial charge in [-0.2, -0.15) is 20.0 Å². The van der Waals surface area contributed by atoms with E-state index in [4.69, 9.17) is 9.26 Å². The van der Waals surface area contributed by atoms with Gasteiger partial charge in [-0.3, -0.25) is 4.79 Å². The number of likely N-dealkylation sites (tertiary alicyclic amines) is 1. The van der Waals surface area contributed by atoms with E-state index in [1.807, 2.05) is 0 Å². The van der Waals surface area contributed by atoms with Crippen LogP contribution in [0.25, 0.3) is 17.1 Å². The lowest BCUT2D eigenvalue weighted by Gasteiger charge is -2.23. The maximum atomic E-state index is 14.0. The second-order valence-corrected chi connectivity index (χ2v) is 7.73. The summed E-state index contributed by atoms with van der Waals surface area (Å²) in [6, 6.07) is 9.51. The highest BCUT2D eigenvalue weighted by atomic mass is 19.1. The van der Waals surface area contributed by atoms with Gasteiger partial charge in [0.15, 0.2) is 0 Å². The number of rotatable bonds is 5. The molecule has 0 radical (unpaired) electrons. The first kappa shape index (κ1) is 20.8. The smallest absolute Gasteiger partial charge is 0.256 e. The molecule has 4 aromatic rings. The van der Waals surface area contributed by atoms with Gasteiger partial charge in [-0.05, 0) is 49.6 Å². The number of benzene rings is 2. The zero-order valence-electron chi connectivity index (χ0n) is 18.1. The van der Waals surface area contributed by atoms with E-state index >= 15 is 0 Å². The van der Waals surface area contributed by atoms with E-state index in [1.54, 1.807) is 61.7 Å². The van der Waals surface area contributed by atoms with Crippen molar-refractivity contribution in [2.45, 2.75) is 25.8 Å². The van der Waals surface area contributed by atoms with Crippen molar-refractivity contribution >= 4 is 5.91 Å². The maximum Gasteiger partial charge on any atom is 0.256 e. The van der Waals surface area contributed by atoms with Crippen LogP contribution in [0.3, 0.4) is 0 Å². The second-order valence-electron chi connectivity index (χ2n) is 7.73. The topological polar surface area (TPSA) is 99.2 Å². The fourth-order valence-electron chi connectivity index (χ4n) is 4.08. The van der Waals surface area contributed by atoms with Crippen molar-refractivity contribution in [3.8, 4) is 22.8 Å². The number of halogens is 1. The molecule has 1 saturated heterocycles. The molecule has 5 rings (SSSR count). The van der Waals surface area contributed by atoms with Crippen LogP contribution in [0.4, 0.5) is 4.39 Å². The van der Waals surface area contributed by atoms with Gasteiger partial charge in [0, 0.05) is 12.1 Å². The van der Waals surface area contributed by atoms with Crippen LogP contribution in [0, 0.1) is 12.7 Å². The van der Waals surface area contributed by atoms with E-state index in [0.717, 1.165) is 6.42 Å². The maximum absolute atomic E-state index is 14.0. The number of methoxy groups -OCH3 is 1. The highest BCUT2D eigenvalue weighted by molar-refractivity contribution is 5.98. The van der Waals surface area contributed by atoms with Crippen molar-refractivity contribution in [1.29, 1.82) is 0 Å². The monoisotopic (exact) mass is 448 g/mol. The first-order chi connectivity index (χ1) is 16.1. The van der Waals surface area contributed by atoms with Gasteiger partial charge in [0.05, 0.1) is 30.8 Å². The fourth-order valence-corrected chi connectivity index (χ4v) is 4.08. The summed E-state index contributed by atoms with van der Waals surface area (Å²) in [6.45, 7) is 2.20. The molecule has 33 heavy (non-hydrogen) atoms. The summed E-state index contributed by atoms with van der Waals surface area (Å²) in [7, 11) is 1.54.